The van der Waals surface area contributed by atoms with Gasteiger partial charge in [0.05, 0.1) is 12.9 Å². The monoisotopic (exact) mass is 330 g/mol. The maximum Gasteiger partial charge on any atom is 0.141 e. The molecule has 0 N–H and O–H groups in total. The van der Waals surface area contributed by atoms with Crippen LogP contribution in [0.25, 0.3) is 0 Å². The van der Waals surface area contributed by atoms with Crippen molar-refractivity contribution in [3.05, 3.63) is 23.5 Å². The molecule has 0 heterocycles. The molecule has 0 spiro atoms. The molecule has 134 valence electrons. The summed E-state index contributed by atoms with van der Waals surface area (Å²) in [5, 5.41) is 0. The Labute approximate surface area is 147 Å². The number of ether oxygens (including phenoxy) is 1. The van der Waals surface area contributed by atoms with Crippen LogP contribution in [-0.4, -0.2) is 12.9 Å². The Morgan fingerprint density at radius 3 is 2.62 bits per heavy atom. The molecule has 24 heavy (non-hydrogen) atoms. The Hall–Kier alpha value is -1.05. The summed E-state index contributed by atoms with van der Waals surface area (Å²) in [6.45, 7) is 6.90. The van der Waals surface area contributed by atoms with Crippen LogP contribution >= 0.6 is 0 Å². The molecule has 4 aliphatic carbocycles. The summed E-state index contributed by atoms with van der Waals surface area (Å²) in [6, 6.07) is 0. The lowest BCUT2D eigenvalue weighted by Crippen LogP contribution is -2.49. The van der Waals surface area contributed by atoms with Crippen molar-refractivity contribution in [2.75, 3.05) is 7.11 Å². The zero-order chi connectivity index (χ0) is 16.4. The van der Waals surface area contributed by atoms with E-state index in [9.17, 15) is 4.79 Å². The van der Waals surface area contributed by atoms with Crippen molar-refractivity contribution in [2.45, 2.75) is 66.7 Å². The van der Waals surface area contributed by atoms with Crippen LogP contribution in [0.4, 0.5) is 0 Å². The van der Waals surface area contributed by atoms with Gasteiger partial charge in [-0.25, -0.2) is 0 Å². The zero-order valence-corrected chi connectivity index (χ0v) is 15.0. The molecular formula is C22H34O2. The molecule has 4 rings (SSSR count). The van der Waals surface area contributed by atoms with Gasteiger partial charge >= 0.3 is 0 Å². The Balaban J connectivity index is 0.00000169. The first-order valence-corrected chi connectivity index (χ1v) is 9.39. The van der Waals surface area contributed by atoms with E-state index in [-0.39, 0.29) is 18.8 Å². The number of rotatable bonds is 1. The van der Waals surface area contributed by atoms with Crippen molar-refractivity contribution in [3.63, 3.8) is 0 Å². The minimum Gasteiger partial charge on any atom is -0.501 e. The van der Waals surface area contributed by atoms with Gasteiger partial charge in [-0.2, -0.15) is 0 Å². The average molecular weight is 331 g/mol. The minimum atomic E-state index is -0.0372. The predicted molar refractivity (Wildman–Crippen MR) is 98.5 cm³/mol. The Kier molecular flexibility index (Phi) is 4.25. The smallest absolute Gasteiger partial charge is 0.141 e. The lowest BCUT2D eigenvalue weighted by atomic mass is 9.49. The van der Waals surface area contributed by atoms with Crippen LogP contribution in [0.5, 0.6) is 0 Å². The first kappa shape index (κ1) is 17.8. The first-order valence-electron chi connectivity index (χ1n) is 9.39. The summed E-state index contributed by atoms with van der Waals surface area (Å²) < 4.78 is 5.51. The van der Waals surface area contributed by atoms with Gasteiger partial charge < -0.3 is 4.74 Å². The van der Waals surface area contributed by atoms with Crippen molar-refractivity contribution in [1.82, 2.24) is 0 Å². The molecule has 2 saturated carbocycles. The van der Waals surface area contributed by atoms with Crippen molar-refractivity contribution in [2.24, 2.45) is 34.5 Å². The summed E-state index contributed by atoms with van der Waals surface area (Å²) in [5.41, 5.74) is 1.76. The first-order chi connectivity index (χ1) is 10.9. The van der Waals surface area contributed by atoms with E-state index in [2.05, 4.69) is 32.9 Å². The maximum atomic E-state index is 12.7. The second kappa shape index (κ2) is 5.75. The lowest BCUT2D eigenvalue weighted by Gasteiger charge is -2.55. The van der Waals surface area contributed by atoms with Crippen LogP contribution in [-0.2, 0) is 9.53 Å². The average Bonchev–Trinajstić information content (AvgIpc) is 2.78. The zero-order valence-electron chi connectivity index (χ0n) is 15.0. The number of ketones is 1. The number of carbonyl (C=O) groups is 1. The third kappa shape index (κ3) is 2.17. The van der Waals surface area contributed by atoms with Crippen molar-refractivity contribution in [3.8, 4) is 0 Å². The largest absolute Gasteiger partial charge is 0.501 e. The van der Waals surface area contributed by atoms with Gasteiger partial charge in [-0.1, -0.05) is 34.3 Å². The van der Waals surface area contributed by atoms with E-state index < -0.39 is 0 Å². The van der Waals surface area contributed by atoms with Crippen LogP contribution in [0.3, 0.4) is 0 Å². The van der Waals surface area contributed by atoms with E-state index in [1.165, 1.54) is 18.4 Å². The molecule has 2 heteroatoms. The topological polar surface area (TPSA) is 26.3 Å². The number of hydrogen-bond acceptors (Lipinski definition) is 2. The molecule has 0 aromatic heterocycles. The summed E-state index contributed by atoms with van der Waals surface area (Å²) in [5.74, 6) is 4.00. The van der Waals surface area contributed by atoms with Crippen LogP contribution in [0.2, 0.25) is 0 Å². The number of fused-ring (bicyclic) bond motifs is 5. The van der Waals surface area contributed by atoms with Gasteiger partial charge in [0.25, 0.3) is 0 Å². The number of methoxy groups -OCH3 is 1. The fourth-order valence-corrected chi connectivity index (χ4v) is 6.57. The molecule has 0 amide bonds. The Morgan fingerprint density at radius 1 is 1.17 bits per heavy atom. The maximum absolute atomic E-state index is 12.7. The molecule has 0 radical (unpaired) electrons. The third-order valence-electron chi connectivity index (χ3n) is 8.00. The molecular weight excluding hydrogens is 296 g/mol. The van der Waals surface area contributed by atoms with Crippen LogP contribution in [0, 0.1) is 34.5 Å². The molecule has 2 nitrogen and oxygen atoms in total. The van der Waals surface area contributed by atoms with Gasteiger partial charge in [0.15, 0.2) is 0 Å². The molecule has 0 aromatic rings. The number of hydrogen-bond donors (Lipinski definition) is 0. The number of carbonyl (C=O) groups excluding carboxylic acids is 1. The Bertz CT molecular complexity index is 601. The number of allylic oxidation sites excluding steroid dienone is 4. The van der Waals surface area contributed by atoms with Gasteiger partial charge in [-0.3, -0.25) is 4.79 Å². The molecule has 4 aliphatic rings. The highest BCUT2D eigenvalue weighted by atomic mass is 16.5. The second-order valence-corrected chi connectivity index (χ2v) is 8.96. The third-order valence-corrected chi connectivity index (χ3v) is 8.00. The Morgan fingerprint density at radius 2 is 1.92 bits per heavy atom. The van der Waals surface area contributed by atoms with Crippen LogP contribution in [0.15, 0.2) is 23.5 Å². The molecule has 0 saturated heterocycles. The molecule has 6 unspecified atom stereocenters. The fourth-order valence-electron chi connectivity index (χ4n) is 6.57. The van der Waals surface area contributed by atoms with Gasteiger partial charge in [-0.15, -0.1) is 0 Å². The van der Waals surface area contributed by atoms with Crippen molar-refractivity contribution in [1.29, 1.82) is 0 Å². The summed E-state index contributed by atoms with van der Waals surface area (Å²) in [7, 11) is 1.79. The molecule has 0 aliphatic heterocycles. The van der Waals surface area contributed by atoms with E-state index in [1.54, 1.807) is 7.11 Å². The van der Waals surface area contributed by atoms with E-state index >= 15 is 0 Å². The minimum absolute atomic E-state index is 0. The fraction of sp³-hybridized carbons (Fsp3) is 0.773. The van der Waals surface area contributed by atoms with Gasteiger partial charge in [0.2, 0.25) is 0 Å². The van der Waals surface area contributed by atoms with E-state index in [0.717, 1.165) is 37.4 Å². The second-order valence-electron chi connectivity index (χ2n) is 8.96. The molecule has 6 atom stereocenters. The van der Waals surface area contributed by atoms with E-state index in [1.807, 2.05) is 0 Å². The SMILES string of the molecule is C.COC1=CC2=CCC3C4CC(C)C(=O)C4(C)CCC3C2(C)CC1. The van der Waals surface area contributed by atoms with E-state index in [4.69, 9.17) is 4.74 Å². The predicted octanol–water partition coefficient (Wildman–Crippen LogP) is 5.54. The highest BCUT2D eigenvalue weighted by molar-refractivity contribution is 5.89. The summed E-state index contributed by atoms with van der Waals surface area (Å²) >= 11 is 0. The summed E-state index contributed by atoms with van der Waals surface area (Å²) in [4.78, 5) is 12.7. The van der Waals surface area contributed by atoms with Crippen LogP contribution < -0.4 is 0 Å². The summed E-state index contributed by atoms with van der Waals surface area (Å²) in [6.07, 6.45) is 11.6. The highest BCUT2D eigenvalue weighted by Crippen LogP contribution is 2.64. The van der Waals surface area contributed by atoms with Crippen molar-refractivity contribution < 1.29 is 9.53 Å². The van der Waals surface area contributed by atoms with Gasteiger partial charge in [-0.05, 0) is 66.9 Å². The molecule has 0 bridgehead atoms. The van der Waals surface area contributed by atoms with E-state index in [0.29, 0.717) is 23.0 Å². The highest BCUT2D eigenvalue weighted by Gasteiger charge is 2.59. The van der Waals surface area contributed by atoms with Crippen LogP contribution in [0.1, 0.15) is 66.7 Å². The quantitative estimate of drug-likeness (QED) is 0.631. The van der Waals surface area contributed by atoms with Gasteiger partial charge in [0.1, 0.15) is 5.78 Å². The normalized spacial score (nSPS) is 46.8. The van der Waals surface area contributed by atoms with Gasteiger partial charge in [0, 0.05) is 17.8 Å². The van der Waals surface area contributed by atoms with Crippen molar-refractivity contribution >= 4 is 5.78 Å². The molecule has 2 fully saturated rings. The lowest BCUT2D eigenvalue weighted by molar-refractivity contribution is -0.133. The standard InChI is InChI=1S/C21H30O2.CH4/c1-13-11-18-16-6-5-14-12-15(23-4)7-9-20(14,2)17(16)8-10-21(18,3)19(13)22;/h5,12-13,16-18H,6-11H2,1-4H3;1H4. The number of Topliss-reactive ketones (excluding diaryl/α,β-unsaturated/α-hetero) is 1. The molecule has 0 aromatic carbocycles.